The van der Waals surface area contributed by atoms with E-state index in [1.54, 1.807) is 0 Å². The van der Waals surface area contributed by atoms with Crippen molar-refractivity contribution >= 4 is 26.8 Å². The number of hydrogen-bond acceptors (Lipinski definition) is 1. The first-order valence-electron chi connectivity index (χ1n) is 5.46. The number of nitrogens with zero attached hydrogens (tertiary/aromatic N) is 3. The van der Waals surface area contributed by atoms with E-state index in [2.05, 4.69) is 56.1 Å². The van der Waals surface area contributed by atoms with Gasteiger partial charge in [-0.15, -0.1) is 0 Å². The molecule has 0 aliphatic carbocycles. The summed E-state index contributed by atoms with van der Waals surface area (Å²) in [5.74, 6) is 0. The number of hydrogen-bond donors (Lipinski definition) is 0. The summed E-state index contributed by atoms with van der Waals surface area (Å²) in [6.45, 7) is 0.806. The SMILES string of the molecule is Cn1ccc(Cn2ccc3c(Br)cccc32)n1. The zero-order chi connectivity index (χ0) is 11.8. The molecule has 0 bridgehead atoms. The van der Waals surface area contributed by atoms with Crippen molar-refractivity contribution in [2.45, 2.75) is 6.54 Å². The van der Waals surface area contributed by atoms with Crippen LogP contribution in [-0.4, -0.2) is 14.3 Å². The second-order valence-corrected chi connectivity index (χ2v) is 4.95. The van der Waals surface area contributed by atoms with E-state index in [1.165, 1.54) is 10.9 Å². The van der Waals surface area contributed by atoms with Crippen LogP contribution in [0.2, 0.25) is 0 Å². The highest BCUT2D eigenvalue weighted by atomic mass is 79.9. The summed E-state index contributed by atoms with van der Waals surface area (Å²) in [6.07, 6.45) is 4.07. The van der Waals surface area contributed by atoms with Gasteiger partial charge in [0.1, 0.15) is 0 Å². The second-order valence-electron chi connectivity index (χ2n) is 4.10. The Labute approximate surface area is 108 Å². The molecule has 17 heavy (non-hydrogen) atoms. The van der Waals surface area contributed by atoms with Crippen LogP contribution in [-0.2, 0) is 13.6 Å². The van der Waals surface area contributed by atoms with Gasteiger partial charge in [-0.1, -0.05) is 22.0 Å². The number of aromatic nitrogens is 3. The maximum Gasteiger partial charge on any atom is 0.0821 e. The normalized spacial score (nSPS) is 11.2. The molecule has 0 saturated heterocycles. The first-order chi connectivity index (χ1) is 8.24. The molecule has 3 rings (SSSR count). The Balaban J connectivity index is 2.04. The molecule has 0 aliphatic rings. The molecule has 1 aromatic carbocycles. The Morgan fingerprint density at radius 3 is 2.82 bits per heavy atom. The molecule has 0 amide bonds. The van der Waals surface area contributed by atoms with Gasteiger partial charge in [-0.2, -0.15) is 5.10 Å². The number of halogens is 1. The van der Waals surface area contributed by atoms with E-state index in [1.807, 2.05) is 24.0 Å². The van der Waals surface area contributed by atoms with Crippen molar-refractivity contribution in [1.82, 2.24) is 14.3 Å². The fourth-order valence-corrected chi connectivity index (χ4v) is 2.53. The molecule has 3 aromatic rings. The minimum Gasteiger partial charge on any atom is -0.341 e. The molecule has 2 aromatic heterocycles. The van der Waals surface area contributed by atoms with Crippen LogP contribution >= 0.6 is 15.9 Å². The highest BCUT2D eigenvalue weighted by Crippen LogP contribution is 2.25. The average molecular weight is 290 g/mol. The van der Waals surface area contributed by atoms with E-state index in [-0.39, 0.29) is 0 Å². The lowest BCUT2D eigenvalue weighted by molar-refractivity contribution is 0.716. The minimum atomic E-state index is 0.806. The van der Waals surface area contributed by atoms with E-state index in [4.69, 9.17) is 0 Å². The van der Waals surface area contributed by atoms with Crippen LogP contribution in [0.15, 0.2) is 47.2 Å². The van der Waals surface area contributed by atoms with Crippen LogP contribution in [0.4, 0.5) is 0 Å². The molecule has 2 heterocycles. The van der Waals surface area contributed by atoms with Crippen LogP contribution in [0.25, 0.3) is 10.9 Å². The van der Waals surface area contributed by atoms with Gasteiger partial charge in [0, 0.05) is 34.8 Å². The summed E-state index contributed by atoms with van der Waals surface area (Å²) in [4.78, 5) is 0. The third-order valence-electron chi connectivity index (χ3n) is 2.86. The van der Waals surface area contributed by atoms with Gasteiger partial charge in [0.2, 0.25) is 0 Å². The molecule has 0 atom stereocenters. The van der Waals surface area contributed by atoms with Crippen LogP contribution in [0, 0.1) is 0 Å². The zero-order valence-corrected chi connectivity index (χ0v) is 11.1. The lowest BCUT2D eigenvalue weighted by Crippen LogP contribution is -1.99. The van der Waals surface area contributed by atoms with Crippen molar-refractivity contribution in [3.05, 3.63) is 52.9 Å². The standard InChI is InChI=1S/C13H12BrN3/c1-16-7-5-10(15-16)9-17-8-6-11-12(14)3-2-4-13(11)17/h2-8H,9H2,1H3. The predicted octanol–water partition coefficient (Wildman–Crippen LogP) is 3.19. The molecule has 0 unspecified atom stereocenters. The summed E-state index contributed by atoms with van der Waals surface area (Å²) in [5.41, 5.74) is 2.30. The van der Waals surface area contributed by atoms with Crippen molar-refractivity contribution in [2.75, 3.05) is 0 Å². The first kappa shape index (κ1) is 10.6. The van der Waals surface area contributed by atoms with Gasteiger partial charge in [-0.3, -0.25) is 4.68 Å². The maximum atomic E-state index is 4.40. The minimum absolute atomic E-state index is 0.806. The monoisotopic (exact) mass is 289 g/mol. The van der Waals surface area contributed by atoms with Crippen molar-refractivity contribution in [1.29, 1.82) is 0 Å². The molecule has 0 saturated carbocycles. The predicted molar refractivity (Wildman–Crippen MR) is 71.9 cm³/mol. The largest absolute Gasteiger partial charge is 0.341 e. The molecule has 0 radical (unpaired) electrons. The molecule has 3 nitrogen and oxygen atoms in total. The van der Waals surface area contributed by atoms with Crippen LogP contribution in [0.3, 0.4) is 0 Å². The summed E-state index contributed by atoms with van der Waals surface area (Å²) in [7, 11) is 1.94. The van der Waals surface area contributed by atoms with Gasteiger partial charge in [0.15, 0.2) is 0 Å². The smallest absolute Gasteiger partial charge is 0.0821 e. The lowest BCUT2D eigenvalue weighted by Gasteiger charge is -2.03. The number of benzene rings is 1. The molecule has 86 valence electrons. The number of rotatable bonds is 2. The molecular weight excluding hydrogens is 278 g/mol. The quantitative estimate of drug-likeness (QED) is 0.710. The first-order valence-corrected chi connectivity index (χ1v) is 6.25. The molecule has 0 N–H and O–H groups in total. The molecule has 0 spiro atoms. The van der Waals surface area contributed by atoms with Crippen LogP contribution in [0.1, 0.15) is 5.69 Å². The maximum absolute atomic E-state index is 4.40. The zero-order valence-electron chi connectivity index (χ0n) is 9.47. The molecule has 4 heteroatoms. The Hall–Kier alpha value is -1.55. The summed E-state index contributed by atoms with van der Waals surface area (Å²) >= 11 is 3.57. The molecular formula is C13H12BrN3. The third kappa shape index (κ3) is 1.89. The van der Waals surface area contributed by atoms with E-state index in [0.29, 0.717) is 0 Å². The van der Waals surface area contributed by atoms with E-state index in [9.17, 15) is 0 Å². The van der Waals surface area contributed by atoms with Gasteiger partial charge in [-0.05, 0) is 24.3 Å². The van der Waals surface area contributed by atoms with E-state index >= 15 is 0 Å². The van der Waals surface area contributed by atoms with Gasteiger partial charge < -0.3 is 4.57 Å². The average Bonchev–Trinajstić information content (AvgIpc) is 2.88. The van der Waals surface area contributed by atoms with Gasteiger partial charge in [0.25, 0.3) is 0 Å². The number of aryl methyl sites for hydroxylation is 1. The van der Waals surface area contributed by atoms with E-state index in [0.717, 1.165) is 16.7 Å². The Morgan fingerprint density at radius 1 is 1.18 bits per heavy atom. The molecule has 0 fully saturated rings. The second kappa shape index (κ2) is 4.04. The van der Waals surface area contributed by atoms with Crippen LogP contribution < -0.4 is 0 Å². The van der Waals surface area contributed by atoms with Gasteiger partial charge in [-0.25, -0.2) is 0 Å². The topological polar surface area (TPSA) is 22.8 Å². The third-order valence-corrected chi connectivity index (χ3v) is 3.55. The highest BCUT2D eigenvalue weighted by Gasteiger charge is 2.05. The lowest BCUT2D eigenvalue weighted by atomic mass is 10.2. The fraction of sp³-hybridized carbons (Fsp3) is 0.154. The van der Waals surface area contributed by atoms with Crippen molar-refractivity contribution in [3.63, 3.8) is 0 Å². The van der Waals surface area contributed by atoms with Gasteiger partial charge >= 0.3 is 0 Å². The van der Waals surface area contributed by atoms with Crippen LogP contribution in [0.5, 0.6) is 0 Å². The Bertz CT molecular complexity index is 666. The summed E-state index contributed by atoms with van der Waals surface area (Å²) < 4.78 is 5.18. The fourth-order valence-electron chi connectivity index (χ4n) is 2.05. The highest BCUT2D eigenvalue weighted by molar-refractivity contribution is 9.10. The Kier molecular flexibility index (Phi) is 2.52. The Morgan fingerprint density at radius 2 is 2.06 bits per heavy atom. The summed E-state index contributed by atoms with van der Waals surface area (Å²) in [5, 5.41) is 5.64. The van der Waals surface area contributed by atoms with E-state index < -0.39 is 0 Å². The van der Waals surface area contributed by atoms with Crippen molar-refractivity contribution in [2.24, 2.45) is 7.05 Å². The van der Waals surface area contributed by atoms with Crippen molar-refractivity contribution < 1.29 is 0 Å². The summed E-state index contributed by atoms with van der Waals surface area (Å²) in [6, 6.07) is 10.4. The van der Waals surface area contributed by atoms with Gasteiger partial charge in [0.05, 0.1) is 12.2 Å². The molecule has 0 aliphatic heterocycles. The van der Waals surface area contributed by atoms with Crippen molar-refractivity contribution in [3.8, 4) is 0 Å². The number of fused-ring (bicyclic) bond motifs is 1.